The van der Waals surface area contributed by atoms with Gasteiger partial charge < -0.3 is 23.7 Å². The molecule has 1 aromatic heterocycles. The van der Waals surface area contributed by atoms with Crippen LogP contribution in [0.5, 0.6) is 17.2 Å². The van der Waals surface area contributed by atoms with E-state index >= 15 is 0 Å². The van der Waals surface area contributed by atoms with Crippen molar-refractivity contribution in [1.82, 2.24) is 0 Å². The Morgan fingerprint density at radius 3 is 2.63 bits per heavy atom. The van der Waals surface area contributed by atoms with Gasteiger partial charge in [0, 0.05) is 6.07 Å². The number of methoxy groups -OCH3 is 2. The van der Waals surface area contributed by atoms with E-state index in [9.17, 15) is 9.90 Å². The molecule has 142 valence electrons. The highest BCUT2D eigenvalue weighted by Crippen LogP contribution is 2.49. The van der Waals surface area contributed by atoms with Gasteiger partial charge in [0.05, 0.1) is 30.0 Å². The molecular weight excluding hydrogens is 416 g/mol. The second kappa shape index (κ2) is 6.14. The Labute approximate surface area is 163 Å². The molecule has 3 aromatic rings. The third-order valence-corrected chi connectivity index (χ3v) is 6.55. The van der Waals surface area contributed by atoms with Gasteiger partial charge in [0.25, 0.3) is 0 Å². The Morgan fingerprint density at radius 1 is 1.22 bits per heavy atom. The first-order valence-electron chi connectivity index (χ1n) is 8.45. The molecule has 2 atom stereocenters. The number of ether oxygens (including phenoxy) is 3. The van der Waals surface area contributed by atoms with Gasteiger partial charge in [-0.3, -0.25) is 4.79 Å². The third kappa shape index (κ3) is 2.52. The molecule has 1 aliphatic rings. The maximum atomic E-state index is 13.2. The molecule has 0 amide bonds. The SMILES string of the molecule is COc1cccc2c(=O)c3c(OC)c4c(cc3oc12)OC(C)(C)[C@@H](Br)[C@@H]4O. The van der Waals surface area contributed by atoms with E-state index in [4.69, 9.17) is 18.6 Å². The van der Waals surface area contributed by atoms with Crippen LogP contribution in [0.4, 0.5) is 0 Å². The number of rotatable bonds is 2. The molecule has 2 aromatic carbocycles. The summed E-state index contributed by atoms with van der Waals surface area (Å²) in [4.78, 5) is 12.8. The van der Waals surface area contributed by atoms with Gasteiger partial charge in [-0.2, -0.15) is 0 Å². The normalized spacial score (nSPS) is 21.0. The molecule has 0 bridgehead atoms. The van der Waals surface area contributed by atoms with Crippen LogP contribution in [0.15, 0.2) is 33.5 Å². The molecule has 0 saturated carbocycles. The van der Waals surface area contributed by atoms with Crippen molar-refractivity contribution in [2.45, 2.75) is 30.4 Å². The number of hydrogen-bond acceptors (Lipinski definition) is 6. The molecule has 4 rings (SSSR count). The van der Waals surface area contributed by atoms with E-state index in [0.29, 0.717) is 33.6 Å². The van der Waals surface area contributed by atoms with Crippen LogP contribution in [-0.4, -0.2) is 29.8 Å². The van der Waals surface area contributed by atoms with Gasteiger partial charge in [-0.05, 0) is 26.0 Å². The summed E-state index contributed by atoms with van der Waals surface area (Å²) < 4.78 is 23.0. The fourth-order valence-corrected chi connectivity index (χ4v) is 3.93. The molecule has 7 heteroatoms. The van der Waals surface area contributed by atoms with Crippen molar-refractivity contribution < 1.29 is 23.7 Å². The van der Waals surface area contributed by atoms with Crippen LogP contribution in [0.2, 0.25) is 0 Å². The molecule has 0 saturated heterocycles. The fraction of sp³-hybridized carbons (Fsp3) is 0.350. The number of para-hydroxylation sites is 1. The summed E-state index contributed by atoms with van der Waals surface area (Å²) in [5, 5.41) is 11.5. The van der Waals surface area contributed by atoms with Crippen molar-refractivity contribution >= 4 is 37.9 Å². The topological polar surface area (TPSA) is 78.1 Å². The van der Waals surface area contributed by atoms with Gasteiger partial charge >= 0.3 is 0 Å². The van der Waals surface area contributed by atoms with E-state index in [1.165, 1.54) is 14.2 Å². The third-order valence-electron chi connectivity index (χ3n) is 4.94. The lowest BCUT2D eigenvalue weighted by Gasteiger charge is -2.40. The summed E-state index contributed by atoms with van der Waals surface area (Å²) in [7, 11) is 2.98. The monoisotopic (exact) mass is 434 g/mol. The van der Waals surface area contributed by atoms with Crippen LogP contribution in [-0.2, 0) is 0 Å². The highest BCUT2D eigenvalue weighted by atomic mass is 79.9. The average molecular weight is 435 g/mol. The number of benzene rings is 2. The van der Waals surface area contributed by atoms with E-state index in [2.05, 4.69) is 15.9 Å². The van der Waals surface area contributed by atoms with Gasteiger partial charge in [-0.15, -0.1) is 0 Å². The van der Waals surface area contributed by atoms with Gasteiger partial charge in [-0.1, -0.05) is 22.0 Å². The Hall–Kier alpha value is -2.25. The van der Waals surface area contributed by atoms with Gasteiger partial charge in [0.1, 0.15) is 34.2 Å². The van der Waals surface area contributed by atoms with Crippen molar-refractivity contribution in [2.24, 2.45) is 0 Å². The number of fused-ring (bicyclic) bond motifs is 3. The van der Waals surface area contributed by atoms with Gasteiger partial charge in [0.2, 0.25) is 5.43 Å². The minimum absolute atomic E-state index is 0.257. The lowest BCUT2D eigenvalue weighted by atomic mass is 9.90. The van der Waals surface area contributed by atoms with Crippen molar-refractivity contribution in [3.63, 3.8) is 0 Å². The van der Waals surface area contributed by atoms with Crippen LogP contribution < -0.4 is 19.6 Å². The van der Waals surface area contributed by atoms with Crippen LogP contribution in [0.1, 0.15) is 25.5 Å². The first kappa shape index (κ1) is 18.1. The van der Waals surface area contributed by atoms with Gasteiger partial charge in [-0.25, -0.2) is 0 Å². The molecule has 0 aliphatic carbocycles. The zero-order valence-electron chi connectivity index (χ0n) is 15.3. The summed E-state index contributed by atoms with van der Waals surface area (Å²) in [5.74, 6) is 1.14. The van der Waals surface area contributed by atoms with Crippen LogP contribution in [0, 0.1) is 0 Å². The van der Waals surface area contributed by atoms with Crippen molar-refractivity contribution in [2.75, 3.05) is 14.2 Å². The Morgan fingerprint density at radius 2 is 1.96 bits per heavy atom. The van der Waals surface area contributed by atoms with Crippen molar-refractivity contribution in [1.29, 1.82) is 0 Å². The fourth-order valence-electron chi connectivity index (χ4n) is 3.57. The lowest BCUT2D eigenvalue weighted by molar-refractivity contribution is 0.0212. The number of aliphatic hydroxyl groups is 1. The molecule has 0 radical (unpaired) electrons. The number of halogens is 1. The molecule has 0 unspecified atom stereocenters. The predicted octanol–water partition coefficient (Wildman–Crippen LogP) is 3.93. The summed E-state index contributed by atoms with van der Waals surface area (Å²) in [6.45, 7) is 3.74. The first-order valence-corrected chi connectivity index (χ1v) is 9.37. The number of hydrogen-bond donors (Lipinski definition) is 1. The van der Waals surface area contributed by atoms with E-state index in [1.54, 1.807) is 24.3 Å². The zero-order chi connectivity index (χ0) is 19.5. The van der Waals surface area contributed by atoms with Crippen LogP contribution in [0.3, 0.4) is 0 Å². The van der Waals surface area contributed by atoms with E-state index in [-0.39, 0.29) is 21.4 Å². The second-order valence-corrected chi connectivity index (χ2v) is 8.00. The molecule has 0 spiro atoms. The maximum Gasteiger partial charge on any atom is 0.204 e. The largest absolute Gasteiger partial charge is 0.495 e. The molecule has 2 heterocycles. The number of alkyl halides is 1. The highest BCUT2D eigenvalue weighted by Gasteiger charge is 2.44. The Bertz CT molecular complexity index is 1120. The molecule has 27 heavy (non-hydrogen) atoms. The standard InChI is InChI=1S/C20H19BrO6/c1-20(2)19(21)16(23)14-12(27-20)8-11-13(18(14)25-4)15(22)9-6-5-7-10(24-3)17(9)26-11/h5-8,16,19,23H,1-4H3/t16-,19+/m1/s1. The summed E-state index contributed by atoms with van der Waals surface area (Å²) in [5.41, 5.74) is 0.172. The quantitative estimate of drug-likeness (QED) is 0.486. The highest BCUT2D eigenvalue weighted by molar-refractivity contribution is 9.09. The maximum absolute atomic E-state index is 13.2. The van der Waals surface area contributed by atoms with Crippen molar-refractivity contribution in [3.05, 3.63) is 40.1 Å². The Balaban J connectivity index is 2.16. The molecule has 6 nitrogen and oxygen atoms in total. The van der Waals surface area contributed by atoms with Crippen molar-refractivity contribution in [3.8, 4) is 17.2 Å². The average Bonchev–Trinajstić information content (AvgIpc) is 2.64. The van der Waals surface area contributed by atoms with Gasteiger partial charge in [0.15, 0.2) is 11.3 Å². The smallest absolute Gasteiger partial charge is 0.204 e. The summed E-state index contributed by atoms with van der Waals surface area (Å²) in [6.07, 6.45) is -0.913. The minimum Gasteiger partial charge on any atom is -0.495 e. The molecular formula is C20H19BrO6. The molecule has 1 aliphatic heterocycles. The molecule has 0 fully saturated rings. The van der Waals surface area contributed by atoms with Crippen LogP contribution >= 0.6 is 15.9 Å². The predicted molar refractivity (Wildman–Crippen MR) is 105 cm³/mol. The Kier molecular flexibility index (Phi) is 4.12. The van der Waals surface area contributed by atoms with E-state index < -0.39 is 11.7 Å². The van der Waals surface area contributed by atoms with E-state index in [1.807, 2.05) is 13.8 Å². The zero-order valence-corrected chi connectivity index (χ0v) is 16.9. The summed E-state index contributed by atoms with van der Waals surface area (Å²) in [6, 6.07) is 6.75. The second-order valence-electron chi connectivity index (χ2n) is 7.02. The first-order chi connectivity index (χ1) is 12.8. The lowest BCUT2D eigenvalue weighted by Crippen LogP contribution is -2.45. The van der Waals surface area contributed by atoms with Crippen LogP contribution in [0.25, 0.3) is 21.9 Å². The summed E-state index contributed by atoms with van der Waals surface area (Å²) >= 11 is 3.50. The molecule has 1 N–H and O–H groups in total. The minimum atomic E-state index is -0.913. The van der Waals surface area contributed by atoms with E-state index in [0.717, 1.165) is 0 Å². The number of aliphatic hydroxyl groups excluding tert-OH is 1.